The number of hydrogen-bond acceptors (Lipinski definition) is 2. The van der Waals surface area contributed by atoms with E-state index in [0.29, 0.717) is 0 Å². The quantitative estimate of drug-likeness (QED) is 0.156. The van der Waals surface area contributed by atoms with Gasteiger partial charge in [0.15, 0.2) is 0 Å². The van der Waals surface area contributed by atoms with E-state index in [4.69, 9.17) is 5.10 Å². The van der Waals surface area contributed by atoms with Crippen molar-refractivity contribution in [2.24, 2.45) is 0 Å². The maximum atomic E-state index is 5.64. The normalized spacial score (nSPS) is 11.2. The first-order chi connectivity index (χ1) is 27.8. The minimum Gasteiger partial charge on any atom is -0.308 e. The van der Waals surface area contributed by atoms with Crippen molar-refractivity contribution in [1.29, 1.82) is 0 Å². The van der Waals surface area contributed by atoms with Gasteiger partial charge in [-0.15, -0.1) is 0 Å². The Morgan fingerprint density at radius 2 is 0.768 bits per heavy atom. The highest BCUT2D eigenvalue weighted by atomic mass is 15.3. The van der Waals surface area contributed by atoms with E-state index < -0.39 is 0 Å². The molecule has 2 heterocycles. The number of aromatic nitrogens is 2. The maximum Gasteiger partial charge on any atom is 0.101 e. The zero-order valence-electron chi connectivity index (χ0n) is 30.7. The molecule has 0 saturated heterocycles. The van der Waals surface area contributed by atoms with Gasteiger partial charge in [-0.2, -0.15) is 5.10 Å². The molecule has 8 aromatic carbocycles. The van der Waals surface area contributed by atoms with Crippen molar-refractivity contribution in [3.8, 4) is 55.9 Å². The molecule has 0 saturated carbocycles. The molecular formula is C53H37N3. The van der Waals surface area contributed by atoms with Gasteiger partial charge in [0.25, 0.3) is 0 Å². The summed E-state index contributed by atoms with van der Waals surface area (Å²) in [4.78, 5) is 2.44. The van der Waals surface area contributed by atoms with E-state index in [1.165, 1.54) is 0 Å². The lowest BCUT2D eigenvalue weighted by Crippen LogP contribution is -2.14. The van der Waals surface area contributed by atoms with Gasteiger partial charge in [0.05, 0.1) is 16.9 Å². The molecule has 10 rings (SSSR count). The van der Waals surface area contributed by atoms with Crippen LogP contribution in [0.4, 0.5) is 17.1 Å². The van der Waals surface area contributed by atoms with Crippen molar-refractivity contribution in [1.82, 2.24) is 9.61 Å². The molecule has 0 amide bonds. The summed E-state index contributed by atoms with van der Waals surface area (Å²) in [7, 11) is 0. The number of rotatable bonds is 8. The van der Waals surface area contributed by atoms with Gasteiger partial charge in [0.2, 0.25) is 0 Å². The molecule has 10 aromatic rings. The molecule has 0 bridgehead atoms. The van der Waals surface area contributed by atoms with Crippen LogP contribution in [0.5, 0.6) is 0 Å². The van der Waals surface area contributed by atoms with Crippen LogP contribution >= 0.6 is 0 Å². The molecule has 0 unspecified atom stereocenters. The summed E-state index contributed by atoms with van der Waals surface area (Å²) in [6.45, 7) is 0. The zero-order valence-corrected chi connectivity index (χ0v) is 30.7. The van der Waals surface area contributed by atoms with E-state index in [9.17, 15) is 0 Å². The van der Waals surface area contributed by atoms with Gasteiger partial charge in [0.1, 0.15) is 5.69 Å². The predicted octanol–water partition coefficient (Wildman–Crippen LogP) is 14.3. The first kappa shape index (κ1) is 33.1. The van der Waals surface area contributed by atoms with Crippen LogP contribution in [0.25, 0.3) is 72.2 Å². The number of anilines is 3. The second-order valence-corrected chi connectivity index (χ2v) is 14.0. The Morgan fingerprint density at radius 3 is 1.30 bits per heavy atom. The van der Waals surface area contributed by atoms with E-state index in [2.05, 4.69) is 234 Å². The fourth-order valence-electron chi connectivity index (χ4n) is 8.03. The number of nitrogens with zero attached hydrogens (tertiary/aromatic N) is 3. The molecule has 0 spiro atoms. The molecule has 3 nitrogen and oxygen atoms in total. The van der Waals surface area contributed by atoms with Crippen LogP contribution in [0.2, 0.25) is 0 Å². The molecule has 3 heteroatoms. The SMILES string of the molecule is c1ccc(-c2cc(-c3ccccc3)cc(N(c3ccccc3)c3c(-c4ccccc4)n4nc(-c5ccccc5)c(-c5ccccc5)c4c4ccccc34)c2)cc1. The lowest BCUT2D eigenvalue weighted by atomic mass is 9.94. The largest absolute Gasteiger partial charge is 0.308 e. The van der Waals surface area contributed by atoms with Crippen LogP contribution in [0.1, 0.15) is 0 Å². The van der Waals surface area contributed by atoms with Crippen LogP contribution in [0, 0.1) is 0 Å². The van der Waals surface area contributed by atoms with Crippen LogP contribution in [-0.2, 0) is 0 Å². The molecule has 0 aliphatic rings. The standard InChI is InChI=1S/C53H37N3/c1-7-21-38(22-8-1)43-35-44(39-23-9-2-10-24-39)37-46(36-43)55(45-31-17-6-18-32-45)53-48-34-20-19-33-47(48)52-49(40-25-11-3-12-26-40)50(41-27-13-4-14-28-41)54-56(52)51(53)42-29-15-5-16-30-42/h1-37H. The molecule has 0 radical (unpaired) electrons. The maximum absolute atomic E-state index is 5.64. The summed E-state index contributed by atoms with van der Waals surface area (Å²) >= 11 is 0. The summed E-state index contributed by atoms with van der Waals surface area (Å²) in [5.74, 6) is 0. The Morgan fingerprint density at radius 1 is 0.339 bits per heavy atom. The summed E-state index contributed by atoms with van der Waals surface area (Å²) in [6.07, 6.45) is 0. The molecule has 264 valence electrons. The number of benzene rings is 8. The molecule has 0 N–H and O–H groups in total. The van der Waals surface area contributed by atoms with E-state index in [0.717, 1.165) is 89.2 Å². The van der Waals surface area contributed by atoms with Gasteiger partial charge in [-0.25, -0.2) is 4.52 Å². The van der Waals surface area contributed by atoms with Crippen molar-refractivity contribution in [2.75, 3.05) is 4.90 Å². The summed E-state index contributed by atoms with van der Waals surface area (Å²) in [5, 5.41) is 7.89. The summed E-state index contributed by atoms with van der Waals surface area (Å²) in [5.41, 5.74) is 15.2. The highest BCUT2D eigenvalue weighted by molar-refractivity contribution is 6.16. The molecule has 2 aromatic heterocycles. The fraction of sp³-hybridized carbons (Fsp3) is 0. The van der Waals surface area contributed by atoms with E-state index in [1.54, 1.807) is 0 Å². The second-order valence-electron chi connectivity index (χ2n) is 14.0. The average molecular weight is 716 g/mol. The average Bonchev–Trinajstić information content (AvgIpc) is 3.69. The Balaban J connectivity index is 1.38. The molecule has 0 aliphatic heterocycles. The molecular weight excluding hydrogens is 679 g/mol. The lowest BCUT2D eigenvalue weighted by molar-refractivity contribution is 0.976. The monoisotopic (exact) mass is 715 g/mol. The minimum atomic E-state index is 0.944. The van der Waals surface area contributed by atoms with Crippen molar-refractivity contribution in [2.45, 2.75) is 0 Å². The Hall–Kier alpha value is -7.49. The van der Waals surface area contributed by atoms with Gasteiger partial charge in [0, 0.05) is 38.8 Å². The van der Waals surface area contributed by atoms with Crippen LogP contribution in [0.3, 0.4) is 0 Å². The fourth-order valence-corrected chi connectivity index (χ4v) is 8.03. The van der Waals surface area contributed by atoms with Crippen molar-refractivity contribution in [3.05, 3.63) is 224 Å². The van der Waals surface area contributed by atoms with Gasteiger partial charge < -0.3 is 4.90 Å². The second kappa shape index (κ2) is 14.4. The van der Waals surface area contributed by atoms with Crippen molar-refractivity contribution < 1.29 is 0 Å². The predicted molar refractivity (Wildman–Crippen MR) is 235 cm³/mol. The molecule has 56 heavy (non-hydrogen) atoms. The third-order valence-electron chi connectivity index (χ3n) is 10.5. The van der Waals surface area contributed by atoms with E-state index in [1.807, 2.05) is 0 Å². The van der Waals surface area contributed by atoms with Crippen LogP contribution < -0.4 is 4.90 Å². The highest BCUT2D eigenvalue weighted by Crippen LogP contribution is 2.50. The topological polar surface area (TPSA) is 20.5 Å². The van der Waals surface area contributed by atoms with Crippen LogP contribution in [0.15, 0.2) is 224 Å². The third kappa shape index (κ3) is 5.92. The first-order valence-electron chi connectivity index (χ1n) is 19.1. The lowest BCUT2D eigenvalue weighted by Gasteiger charge is -2.30. The van der Waals surface area contributed by atoms with Crippen LogP contribution in [-0.4, -0.2) is 9.61 Å². The zero-order chi connectivity index (χ0) is 37.3. The Kier molecular flexibility index (Phi) is 8.51. The number of hydrogen-bond donors (Lipinski definition) is 0. The van der Waals surface area contributed by atoms with Gasteiger partial charge in [-0.05, 0) is 58.1 Å². The summed E-state index contributed by atoms with van der Waals surface area (Å²) in [6, 6.07) is 79.9. The molecule has 0 fully saturated rings. The molecule has 0 aliphatic carbocycles. The number of para-hydroxylation sites is 1. The van der Waals surface area contributed by atoms with Crippen molar-refractivity contribution >= 4 is 33.4 Å². The van der Waals surface area contributed by atoms with Crippen molar-refractivity contribution in [3.63, 3.8) is 0 Å². The van der Waals surface area contributed by atoms with Gasteiger partial charge >= 0.3 is 0 Å². The van der Waals surface area contributed by atoms with E-state index >= 15 is 0 Å². The summed E-state index contributed by atoms with van der Waals surface area (Å²) < 4.78 is 2.22. The van der Waals surface area contributed by atoms with E-state index in [-0.39, 0.29) is 0 Å². The Bertz CT molecular complexity index is 2870. The van der Waals surface area contributed by atoms with Gasteiger partial charge in [-0.1, -0.05) is 194 Å². The van der Waals surface area contributed by atoms with Gasteiger partial charge in [-0.3, -0.25) is 0 Å². The number of pyridine rings is 1. The first-order valence-corrected chi connectivity index (χ1v) is 19.1. The molecule has 0 atom stereocenters. The Labute approximate surface area is 327 Å². The third-order valence-corrected chi connectivity index (χ3v) is 10.5. The number of fused-ring (bicyclic) bond motifs is 3. The smallest absolute Gasteiger partial charge is 0.101 e. The highest BCUT2D eigenvalue weighted by Gasteiger charge is 2.28. The minimum absolute atomic E-state index is 0.944.